The largest absolute Gasteiger partial charge is 0.334 e. The first kappa shape index (κ1) is 17.1. The molecule has 1 atom stereocenters. The van der Waals surface area contributed by atoms with Crippen LogP contribution in [0, 0.1) is 17.0 Å². The van der Waals surface area contributed by atoms with Crippen LogP contribution in [-0.2, 0) is 6.42 Å². The second kappa shape index (κ2) is 6.91. The van der Waals surface area contributed by atoms with Gasteiger partial charge in [0, 0.05) is 24.1 Å². The number of amides is 1. The van der Waals surface area contributed by atoms with E-state index in [0.717, 1.165) is 16.9 Å². The fourth-order valence-corrected chi connectivity index (χ4v) is 3.54. The van der Waals surface area contributed by atoms with Gasteiger partial charge in [-0.25, -0.2) is 0 Å². The third-order valence-electron chi connectivity index (χ3n) is 4.08. The summed E-state index contributed by atoms with van der Waals surface area (Å²) >= 11 is 1.50. The third-order valence-corrected chi connectivity index (χ3v) is 5.16. The van der Waals surface area contributed by atoms with E-state index in [1.54, 1.807) is 24.1 Å². The summed E-state index contributed by atoms with van der Waals surface area (Å²) in [6.07, 6.45) is 0.903. The number of thiophene rings is 1. The average molecular weight is 332 g/mol. The Morgan fingerprint density at radius 1 is 1.39 bits per heavy atom. The Bertz CT molecular complexity index is 739. The maximum atomic E-state index is 12.7. The summed E-state index contributed by atoms with van der Waals surface area (Å²) in [6.45, 7) is 5.96. The molecule has 5 nitrogen and oxygen atoms in total. The Morgan fingerprint density at radius 3 is 2.65 bits per heavy atom. The van der Waals surface area contributed by atoms with Gasteiger partial charge in [0.1, 0.15) is 0 Å². The van der Waals surface area contributed by atoms with Crippen molar-refractivity contribution < 1.29 is 9.72 Å². The monoisotopic (exact) mass is 332 g/mol. The molecular weight excluding hydrogens is 312 g/mol. The number of non-ortho nitro benzene ring substituents is 1. The maximum absolute atomic E-state index is 12.7. The second-order valence-electron chi connectivity index (χ2n) is 5.49. The van der Waals surface area contributed by atoms with Crippen LogP contribution in [-0.4, -0.2) is 22.8 Å². The lowest BCUT2D eigenvalue weighted by molar-refractivity contribution is -0.384. The standard InChI is InChI=1S/C17H20N2O3S/c1-5-13-10-16(23-12(13)3)17(20)18(4)11(2)14-7-6-8-15(9-14)19(21)22/h6-11H,5H2,1-4H3/t11-/m0/s1. The van der Waals surface area contributed by atoms with Crippen LogP contribution >= 0.6 is 11.3 Å². The smallest absolute Gasteiger partial charge is 0.269 e. The van der Waals surface area contributed by atoms with E-state index in [1.165, 1.54) is 29.0 Å². The van der Waals surface area contributed by atoms with Gasteiger partial charge in [-0.2, -0.15) is 0 Å². The minimum absolute atomic E-state index is 0.0374. The Kier molecular flexibility index (Phi) is 5.15. The zero-order valence-electron chi connectivity index (χ0n) is 13.7. The van der Waals surface area contributed by atoms with E-state index in [0.29, 0.717) is 4.88 Å². The van der Waals surface area contributed by atoms with Gasteiger partial charge in [0.15, 0.2) is 0 Å². The Hall–Kier alpha value is -2.21. The van der Waals surface area contributed by atoms with Crippen LogP contribution < -0.4 is 0 Å². The predicted molar refractivity (Wildman–Crippen MR) is 92.0 cm³/mol. The summed E-state index contributed by atoms with van der Waals surface area (Å²) in [5.74, 6) is -0.0585. The van der Waals surface area contributed by atoms with Crippen molar-refractivity contribution in [1.82, 2.24) is 4.90 Å². The molecule has 0 aliphatic rings. The SMILES string of the molecule is CCc1cc(C(=O)N(C)[C@@H](C)c2cccc([N+](=O)[O-])c2)sc1C. The number of nitro groups is 1. The van der Waals surface area contributed by atoms with Gasteiger partial charge in [0.05, 0.1) is 15.8 Å². The summed E-state index contributed by atoms with van der Waals surface area (Å²) in [5.41, 5.74) is 1.98. The van der Waals surface area contributed by atoms with E-state index in [1.807, 2.05) is 19.9 Å². The first-order chi connectivity index (χ1) is 10.8. The van der Waals surface area contributed by atoms with E-state index in [9.17, 15) is 14.9 Å². The van der Waals surface area contributed by atoms with Crippen molar-refractivity contribution in [1.29, 1.82) is 0 Å². The van der Waals surface area contributed by atoms with Gasteiger partial charge in [0.25, 0.3) is 11.6 Å². The zero-order valence-corrected chi connectivity index (χ0v) is 14.5. The Morgan fingerprint density at radius 2 is 2.09 bits per heavy atom. The van der Waals surface area contributed by atoms with Crippen LogP contribution in [0.25, 0.3) is 0 Å². The highest BCUT2D eigenvalue weighted by molar-refractivity contribution is 7.14. The van der Waals surface area contributed by atoms with E-state index in [2.05, 4.69) is 6.92 Å². The van der Waals surface area contributed by atoms with Crippen LogP contribution in [0.4, 0.5) is 5.69 Å². The Balaban J connectivity index is 2.24. The molecule has 0 bridgehead atoms. The normalized spacial score (nSPS) is 12.0. The fraction of sp³-hybridized carbons (Fsp3) is 0.353. The minimum atomic E-state index is -0.422. The number of nitrogens with zero attached hydrogens (tertiary/aromatic N) is 2. The molecule has 1 amide bonds. The van der Waals surface area contributed by atoms with E-state index < -0.39 is 4.92 Å². The molecule has 0 saturated heterocycles. The average Bonchev–Trinajstić information content (AvgIpc) is 2.93. The van der Waals surface area contributed by atoms with Gasteiger partial charge in [-0.15, -0.1) is 11.3 Å². The van der Waals surface area contributed by atoms with Crippen molar-refractivity contribution >= 4 is 22.9 Å². The molecule has 0 spiro atoms. The highest BCUT2D eigenvalue weighted by atomic mass is 32.1. The van der Waals surface area contributed by atoms with Gasteiger partial charge < -0.3 is 4.90 Å². The molecule has 6 heteroatoms. The summed E-state index contributed by atoms with van der Waals surface area (Å²) in [6, 6.07) is 8.12. The van der Waals surface area contributed by atoms with Gasteiger partial charge in [0.2, 0.25) is 0 Å². The molecule has 2 aromatic rings. The summed E-state index contributed by atoms with van der Waals surface area (Å²) < 4.78 is 0. The summed E-state index contributed by atoms with van der Waals surface area (Å²) in [4.78, 5) is 26.6. The van der Waals surface area contributed by atoms with E-state index in [4.69, 9.17) is 0 Å². The Labute approximate surface area is 139 Å². The minimum Gasteiger partial charge on any atom is -0.334 e. The number of benzene rings is 1. The first-order valence-corrected chi connectivity index (χ1v) is 8.27. The van der Waals surface area contributed by atoms with Crippen molar-refractivity contribution in [2.45, 2.75) is 33.2 Å². The number of nitro benzene ring substituents is 1. The number of hydrogen-bond donors (Lipinski definition) is 0. The van der Waals surface area contributed by atoms with Gasteiger partial charge in [-0.05, 0) is 37.5 Å². The number of rotatable bonds is 5. The van der Waals surface area contributed by atoms with Crippen LogP contribution in [0.1, 0.15) is 45.6 Å². The highest BCUT2D eigenvalue weighted by Gasteiger charge is 2.22. The zero-order chi connectivity index (χ0) is 17.1. The lowest BCUT2D eigenvalue weighted by atomic mass is 10.1. The van der Waals surface area contributed by atoms with Crippen molar-refractivity contribution in [3.63, 3.8) is 0 Å². The molecule has 2 rings (SSSR count). The van der Waals surface area contributed by atoms with Gasteiger partial charge >= 0.3 is 0 Å². The molecule has 1 aromatic heterocycles. The van der Waals surface area contributed by atoms with Crippen molar-refractivity contribution in [2.24, 2.45) is 0 Å². The molecule has 0 fully saturated rings. The molecule has 0 saturated carbocycles. The molecule has 0 aliphatic carbocycles. The highest BCUT2D eigenvalue weighted by Crippen LogP contribution is 2.28. The summed E-state index contributed by atoms with van der Waals surface area (Å²) in [5, 5.41) is 10.9. The quantitative estimate of drug-likeness (QED) is 0.603. The van der Waals surface area contributed by atoms with Gasteiger partial charge in [-0.1, -0.05) is 19.1 Å². The summed E-state index contributed by atoms with van der Waals surface area (Å²) in [7, 11) is 1.73. The molecule has 122 valence electrons. The molecule has 1 aromatic carbocycles. The molecule has 0 N–H and O–H groups in total. The fourth-order valence-electron chi connectivity index (χ4n) is 2.45. The van der Waals surface area contributed by atoms with Crippen LogP contribution in [0.3, 0.4) is 0 Å². The number of hydrogen-bond acceptors (Lipinski definition) is 4. The topological polar surface area (TPSA) is 63.5 Å². The van der Waals surface area contributed by atoms with E-state index >= 15 is 0 Å². The predicted octanol–water partition coefficient (Wildman–Crippen LogP) is 4.36. The van der Waals surface area contributed by atoms with Crippen LogP contribution in [0.15, 0.2) is 30.3 Å². The molecule has 0 unspecified atom stereocenters. The van der Waals surface area contributed by atoms with Crippen molar-refractivity contribution in [3.8, 4) is 0 Å². The van der Waals surface area contributed by atoms with Crippen LogP contribution in [0.2, 0.25) is 0 Å². The number of carbonyl (C=O) groups is 1. The molecule has 1 heterocycles. The molecule has 23 heavy (non-hydrogen) atoms. The number of aryl methyl sites for hydroxylation is 2. The van der Waals surface area contributed by atoms with Crippen molar-refractivity contribution in [2.75, 3.05) is 7.05 Å². The van der Waals surface area contributed by atoms with E-state index in [-0.39, 0.29) is 17.6 Å². The van der Waals surface area contributed by atoms with Gasteiger partial charge in [-0.3, -0.25) is 14.9 Å². The first-order valence-electron chi connectivity index (χ1n) is 7.46. The maximum Gasteiger partial charge on any atom is 0.269 e. The van der Waals surface area contributed by atoms with Crippen LogP contribution in [0.5, 0.6) is 0 Å². The lowest BCUT2D eigenvalue weighted by Crippen LogP contribution is -2.29. The molecule has 0 radical (unpaired) electrons. The van der Waals surface area contributed by atoms with Crippen molar-refractivity contribution in [3.05, 3.63) is 61.3 Å². The molecular formula is C17H20N2O3S. The third kappa shape index (κ3) is 3.59. The molecule has 0 aliphatic heterocycles. The lowest BCUT2D eigenvalue weighted by Gasteiger charge is -2.24. The number of carbonyl (C=O) groups excluding carboxylic acids is 1. The second-order valence-corrected chi connectivity index (χ2v) is 6.75.